The van der Waals surface area contributed by atoms with E-state index in [-0.39, 0.29) is 34.5 Å². The van der Waals surface area contributed by atoms with E-state index in [9.17, 15) is 13.0 Å². The van der Waals surface area contributed by atoms with Crippen LogP contribution in [-0.2, 0) is 16.5 Å². The summed E-state index contributed by atoms with van der Waals surface area (Å²) in [6.45, 7) is 2.08. The van der Waals surface area contributed by atoms with E-state index in [0.29, 0.717) is 5.56 Å². The van der Waals surface area contributed by atoms with Crippen LogP contribution in [-0.4, -0.2) is 13.0 Å². The van der Waals surface area contributed by atoms with E-state index in [0.717, 1.165) is 30.4 Å². The van der Waals surface area contributed by atoms with Gasteiger partial charge in [0.25, 0.3) is 0 Å². The summed E-state index contributed by atoms with van der Waals surface area (Å²) in [6.07, 6.45) is 2.81. The summed E-state index contributed by atoms with van der Waals surface area (Å²) >= 11 is 0. The van der Waals surface area contributed by atoms with Crippen molar-refractivity contribution in [2.45, 2.75) is 31.1 Å². The molecule has 0 fully saturated rings. The topological polar surface area (TPSA) is 57.2 Å². The van der Waals surface area contributed by atoms with Gasteiger partial charge in [-0.05, 0) is 35.6 Å². The van der Waals surface area contributed by atoms with Gasteiger partial charge in [-0.25, -0.2) is 8.42 Å². The van der Waals surface area contributed by atoms with E-state index in [1.165, 1.54) is 6.07 Å². The summed E-state index contributed by atoms with van der Waals surface area (Å²) in [5.74, 6) is 0. The second-order valence-electron chi connectivity index (χ2n) is 4.33. The molecule has 3 nitrogen and oxygen atoms in total. The van der Waals surface area contributed by atoms with E-state index in [2.05, 4.69) is 6.92 Å². The second-order valence-corrected chi connectivity index (χ2v) is 5.68. The molecule has 0 amide bonds. The van der Waals surface area contributed by atoms with Crippen LogP contribution in [0.25, 0.3) is 11.1 Å². The molecule has 96 valence electrons. The molecule has 0 aromatic carbocycles. The van der Waals surface area contributed by atoms with Crippen LogP contribution in [0.15, 0.2) is 41.3 Å². The molecule has 0 aromatic heterocycles. The van der Waals surface area contributed by atoms with Crippen LogP contribution in [0.2, 0.25) is 0 Å². The molecule has 0 atom stereocenters. The van der Waals surface area contributed by atoms with Crippen molar-refractivity contribution >= 4 is 10.1 Å². The minimum Gasteiger partial charge on any atom is -0.744 e. The third kappa shape index (κ3) is 3.80. The zero-order chi connectivity index (χ0) is 13.2. The van der Waals surface area contributed by atoms with Gasteiger partial charge in [-0.15, -0.1) is 0 Å². The van der Waals surface area contributed by atoms with Gasteiger partial charge in [0, 0.05) is 0 Å². The summed E-state index contributed by atoms with van der Waals surface area (Å²) < 4.78 is 33.8. The maximum atomic E-state index is 11.3. The fourth-order valence-corrected chi connectivity index (χ4v) is 2.87. The molecular weight excluding hydrogens is 271 g/mol. The predicted octanol–water partition coefficient (Wildman–Crippen LogP) is 0.0421. The van der Waals surface area contributed by atoms with Gasteiger partial charge in [-0.2, -0.15) is 0 Å². The summed E-state index contributed by atoms with van der Waals surface area (Å²) in [5.41, 5.74) is 2.33. The van der Waals surface area contributed by atoms with Crippen molar-refractivity contribution in [1.82, 2.24) is 0 Å². The van der Waals surface area contributed by atoms with Crippen LogP contribution in [0, 0.1) is 0 Å². The average molecular weight is 286 g/mol. The summed E-state index contributed by atoms with van der Waals surface area (Å²) in [6, 6.07) is 10.5. The first-order chi connectivity index (χ1) is 8.54. The number of hydrogen-bond donors (Lipinski definition) is 0. The summed E-state index contributed by atoms with van der Waals surface area (Å²) in [5, 5.41) is 0. The molecule has 0 saturated heterocycles. The van der Waals surface area contributed by atoms with E-state index in [4.69, 9.17) is 0 Å². The predicted molar refractivity (Wildman–Crippen MR) is 69.6 cm³/mol. The van der Waals surface area contributed by atoms with Gasteiger partial charge in [0.1, 0.15) is 10.1 Å². The SMILES string of the molecule is CCCCc1cc(S(=O)(=O)[O-])c2cccccc1-2.[Na+]. The Labute approximate surface area is 136 Å². The fraction of sp³-hybridized carbons (Fsp3) is 0.286. The maximum absolute atomic E-state index is 11.3. The molecular formula is C14H15NaO3S. The number of hydrogen-bond acceptors (Lipinski definition) is 3. The number of unbranched alkanes of at least 4 members (excludes halogenated alkanes) is 1. The van der Waals surface area contributed by atoms with Crippen molar-refractivity contribution in [3.63, 3.8) is 0 Å². The van der Waals surface area contributed by atoms with Gasteiger partial charge in [-0.3, -0.25) is 0 Å². The Balaban J connectivity index is 0.00000180. The molecule has 0 saturated carbocycles. The van der Waals surface area contributed by atoms with E-state index >= 15 is 0 Å². The quantitative estimate of drug-likeness (QED) is 0.589. The number of rotatable bonds is 4. The van der Waals surface area contributed by atoms with Crippen LogP contribution in [0.4, 0.5) is 0 Å². The van der Waals surface area contributed by atoms with Crippen LogP contribution < -0.4 is 29.6 Å². The summed E-state index contributed by atoms with van der Waals surface area (Å²) in [7, 11) is -4.41. The number of fused-ring (bicyclic) bond motifs is 1. The van der Waals surface area contributed by atoms with E-state index < -0.39 is 10.1 Å². The Hall–Kier alpha value is -0.390. The minimum atomic E-state index is -4.41. The molecule has 2 aliphatic rings. The minimum absolute atomic E-state index is 0. The molecule has 0 unspecified atom stereocenters. The Morgan fingerprint density at radius 2 is 1.74 bits per heavy atom. The first-order valence-electron chi connectivity index (χ1n) is 6.00. The Morgan fingerprint density at radius 1 is 1.11 bits per heavy atom. The molecule has 0 N–H and O–H groups in total. The van der Waals surface area contributed by atoms with Gasteiger partial charge in [0.2, 0.25) is 0 Å². The smallest absolute Gasteiger partial charge is 0.744 e. The van der Waals surface area contributed by atoms with Crippen molar-refractivity contribution < 1.29 is 42.5 Å². The van der Waals surface area contributed by atoms with Gasteiger partial charge >= 0.3 is 29.6 Å². The van der Waals surface area contributed by atoms with E-state index in [1.54, 1.807) is 12.1 Å². The van der Waals surface area contributed by atoms with Crippen LogP contribution in [0.5, 0.6) is 0 Å². The Bertz CT molecular complexity index is 623. The molecule has 0 aliphatic heterocycles. The molecule has 0 aromatic rings. The van der Waals surface area contributed by atoms with Crippen LogP contribution in [0.3, 0.4) is 0 Å². The molecule has 2 rings (SSSR count). The van der Waals surface area contributed by atoms with Gasteiger partial charge in [-0.1, -0.05) is 43.7 Å². The molecule has 0 radical (unpaired) electrons. The first-order valence-corrected chi connectivity index (χ1v) is 7.41. The molecule has 0 heterocycles. The molecule has 0 bridgehead atoms. The van der Waals surface area contributed by atoms with Gasteiger partial charge in [0.05, 0.1) is 4.90 Å². The van der Waals surface area contributed by atoms with Gasteiger partial charge < -0.3 is 4.55 Å². The van der Waals surface area contributed by atoms with Crippen molar-refractivity contribution in [3.05, 3.63) is 42.0 Å². The van der Waals surface area contributed by atoms with Crippen molar-refractivity contribution in [2.75, 3.05) is 0 Å². The molecule has 5 heteroatoms. The van der Waals surface area contributed by atoms with Crippen molar-refractivity contribution in [3.8, 4) is 11.1 Å². The monoisotopic (exact) mass is 286 g/mol. The zero-order valence-corrected chi connectivity index (χ0v) is 14.0. The third-order valence-electron chi connectivity index (χ3n) is 3.02. The standard InChI is InChI=1S/C14H16O3S.Na/c1-2-3-7-11-10-14(18(15,16)17)13-9-6-4-5-8-12(11)13;/h4-6,8-10H,2-3,7H2,1H3,(H,15,16,17);/q;+1/p-1. The van der Waals surface area contributed by atoms with Crippen LogP contribution >= 0.6 is 0 Å². The second kappa shape index (κ2) is 6.86. The third-order valence-corrected chi connectivity index (χ3v) is 3.90. The molecule has 0 spiro atoms. The normalized spacial score (nSPS) is 11.3. The Kier molecular flexibility index (Phi) is 6.02. The first kappa shape index (κ1) is 16.7. The maximum Gasteiger partial charge on any atom is 1.00 e. The fourth-order valence-electron chi connectivity index (χ4n) is 2.14. The van der Waals surface area contributed by atoms with Crippen molar-refractivity contribution in [1.29, 1.82) is 0 Å². The molecule has 19 heavy (non-hydrogen) atoms. The Morgan fingerprint density at radius 3 is 2.32 bits per heavy atom. The van der Waals surface area contributed by atoms with Crippen molar-refractivity contribution in [2.24, 2.45) is 0 Å². The average Bonchev–Trinajstić information content (AvgIpc) is 2.49. The molecule has 2 aliphatic carbocycles. The zero-order valence-electron chi connectivity index (χ0n) is 11.2. The summed E-state index contributed by atoms with van der Waals surface area (Å²) in [4.78, 5) is -0.0974. The number of aryl methyl sites for hydroxylation is 1. The largest absolute Gasteiger partial charge is 1.00 e. The van der Waals surface area contributed by atoms with E-state index in [1.807, 2.05) is 18.2 Å². The van der Waals surface area contributed by atoms with Crippen LogP contribution in [0.1, 0.15) is 25.3 Å². The van der Waals surface area contributed by atoms with Gasteiger partial charge in [0.15, 0.2) is 0 Å².